The number of hydrogen-bond acceptors (Lipinski definition) is 4. The van der Waals surface area contributed by atoms with Gasteiger partial charge in [-0.1, -0.05) is 20.8 Å². The number of piperidine rings is 1. The van der Waals surface area contributed by atoms with Crippen LogP contribution in [0.1, 0.15) is 39.4 Å². The van der Waals surface area contributed by atoms with E-state index in [1.165, 1.54) is 0 Å². The maximum Gasteiger partial charge on any atom is 0.234 e. The molecule has 0 unspecified atom stereocenters. The van der Waals surface area contributed by atoms with Crippen molar-refractivity contribution in [2.24, 2.45) is 5.41 Å². The summed E-state index contributed by atoms with van der Waals surface area (Å²) in [5.74, 6) is 0.936. The van der Waals surface area contributed by atoms with E-state index in [4.69, 9.17) is 4.42 Å². The Morgan fingerprint density at radius 3 is 2.54 bits per heavy atom. The first kappa shape index (κ1) is 18.5. The van der Waals surface area contributed by atoms with E-state index in [-0.39, 0.29) is 23.3 Å². The van der Waals surface area contributed by atoms with Crippen molar-refractivity contribution in [2.45, 2.75) is 46.2 Å². The van der Waals surface area contributed by atoms with Crippen LogP contribution in [-0.2, 0) is 16.1 Å². The van der Waals surface area contributed by atoms with Crippen molar-refractivity contribution in [1.82, 2.24) is 15.1 Å². The van der Waals surface area contributed by atoms with E-state index in [2.05, 4.69) is 10.2 Å². The third-order valence-corrected chi connectivity index (χ3v) is 4.47. The highest BCUT2D eigenvalue weighted by Gasteiger charge is 2.31. The number of nitrogens with one attached hydrogen (secondary N) is 1. The highest BCUT2D eigenvalue weighted by molar-refractivity contribution is 5.81. The van der Waals surface area contributed by atoms with E-state index >= 15 is 0 Å². The van der Waals surface area contributed by atoms with Gasteiger partial charge in [-0.15, -0.1) is 0 Å². The van der Waals surface area contributed by atoms with Gasteiger partial charge in [0.2, 0.25) is 11.8 Å². The van der Waals surface area contributed by atoms with Crippen LogP contribution < -0.4 is 5.32 Å². The number of amides is 2. The quantitative estimate of drug-likeness (QED) is 0.892. The van der Waals surface area contributed by atoms with Crippen molar-refractivity contribution in [1.29, 1.82) is 0 Å². The molecule has 0 aromatic carbocycles. The van der Waals surface area contributed by atoms with Gasteiger partial charge in [0, 0.05) is 31.6 Å². The van der Waals surface area contributed by atoms with Crippen LogP contribution in [0.3, 0.4) is 0 Å². The second-order valence-corrected chi connectivity index (χ2v) is 7.53. The van der Waals surface area contributed by atoms with Crippen molar-refractivity contribution >= 4 is 11.8 Å². The third kappa shape index (κ3) is 5.09. The van der Waals surface area contributed by atoms with E-state index < -0.39 is 0 Å². The Bertz CT molecular complexity index is 540. The van der Waals surface area contributed by atoms with Gasteiger partial charge in [0.1, 0.15) is 5.76 Å². The highest BCUT2D eigenvalue weighted by atomic mass is 16.3. The summed E-state index contributed by atoms with van der Waals surface area (Å²) >= 11 is 0. The fourth-order valence-electron chi connectivity index (χ4n) is 3.02. The largest absolute Gasteiger partial charge is 0.467 e. The Morgan fingerprint density at radius 2 is 2.00 bits per heavy atom. The van der Waals surface area contributed by atoms with Crippen LogP contribution in [0, 0.1) is 5.41 Å². The molecule has 0 bridgehead atoms. The maximum absolute atomic E-state index is 12.4. The van der Waals surface area contributed by atoms with E-state index in [1.54, 1.807) is 6.26 Å². The molecule has 6 nitrogen and oxygen atoms in total. The van der Waals surface area contributed by atoms with Gasteiger partial charge in [-0.25, -0.2) is 0 Å². The van der Waals surface area contributed by atoms with Crippen LogP contribution in [0.25, 0.3) is 0 Å². The summed E-state index contributed by atoms with van der Waals surface area (Å²) in [4.78, 5) is 28.4. The van der Waals surface area contributed by atoms with Gasteiger partial charge in [-0.2, -0.15) is 0 Å². The molecule has 2 heterocycles. The summed E-state index contributed by atoms with van der Waals surface area (Å²) in [6, 6.07) is 3.91. The Balaban J connectivity index is 1.72. The summed E-state index contributed by atoms with van der Waals surface area (Å²) in [5, 5.41) is 2.87. The molecule has 1 aliphatic heterocycles. The molecule has 0 aliphatic carbocycles. The van der Waals surface area contributed by atoms with Crippen LogP contribution >= 0.6 is 0 Å². The number of likely N-dealkylation sites (tertiary alicyclic amines) is 1. The van der Waals surface area contributed by atoms with Gasteiger partial charge >= 0.3 is 0 Å². The molecule has 1 fully saturated rings. The van der Waals surface area contributed by atoms with Gasteiger partial charge in [-0.3, -0.25) is 14.5 Å². The minimum atomic E-state index is -0.350. The molecule has 1 aliphatic rings. The molecule has 2 amide bonds. The Kier molecular flexibility index (Phi) is 6.04. The van der Waals surface area contributed by atoms with Crippen molar-refractivity contribution < 1.29 is 14.0 Å². The number of nitrogens with zero attached hydrogens (tertiary/aromatic N) is 2. The number of furan rings is 1. The van der Waals surface area contributed by atoms with E-state index in [1.807, 2.05) is 44.9 Å². The van der Waals surface area contributed by atoms with E-state index in [0.29, 0.717) is 13.1 Å². The summed E-state index contributed by atoms with van der Waals surface area (Å²) in [6.45, 7) is 8.33. The number of hydrogen-bond donors (Lipinski definition) is 1. The number of rotatable bonds is 5. The Labute approximate surface area is 144 Å². The average Bonchev–Trinajstić information content (AvgIpc) is 3.05. The molecule has 1 aromatic heterocycles. The first-order chi connectivity index (χ1) is 11.3. The third-order valence-electron chi connectivity index (χ3n) is 4.47. The molecular formula is C18H29N3O3. The molecule has 1 aromatic rings. The van der Waals surface area contributed by atoms with Crippen LogP contribution in [0.2, 0.25) is 0 Å². The summed E-state index contributed by atoms with van der Waals surface area (Å²) < 4.78 is 5.20. The molecule has 0 radical (unpaired) electrons. The summed E-state index contributed by atoms with van der Waals surface area (Å²) in [7, 11) is 1.89. The Morgan fingerprint density at radius 1 is 1.33 bits per heavy atom. The fourth-order valence-corrected chi connectivity index (χ4v) is 3.02. The topological polar surface area (TPSA) is 65.8 Å². The van der Waals surface area contributed by atoms with E-state index in [9.17, 15) is 9.59 Å². The molecule has 0 spiro atoms. The smallest absolute Gasteiger partial charge is 0.234 e. The predicted molar refractivity (Wildman–Crippen MR) is 92.2 cm³/mol. The summed E-state index contributed by atoms with van der Waals surface area (Å²) in [6.07, 6.45) is 3.41. The van der Waals surface area contributed by atoms with Crippen molar-refractivity contribution in [3.8, 4) is 0 Å². The van der Waals surface area contributed by atoms with Crippen LogP contribution in [0.4, 0.5) is 0 Å². The minimum absolute atomic E-state index is 0.00368. The van der Waals surface area contributed by atoms with Crippen molar-refractivity contribution in [3.63, 3.8) is 0 Å². The minimum Gasteiger partial charge on any atom is -0.467 e. The maximum atomic E-state index is 12.4. The van der Waals surface area contributed by atoms with Gasteiger partial charge in [-0.05, 0) is 25.0 Å². The van der Waals surface area contributed by atoms with Gasteiger partial charge in [0.15, 0.2) is 0 Å². The molecule has 2 rings (SSSR count). The zero-order valence-electron chi connectivity index (χ0n) is 15.2. The molecular weight excluding hydrogens is 306 g/mol. The molecule has 6 heteroatoms. The van der Waals surface area contributed by atoms with Gasteiger partial charge in [0.25, 0.3) is 0 Å². The van der Waals surface area contributed by atoms with E-state index in [0.717, 1.165) is 31.7 Å². The molecule has 1 saturated heterocycles. The fraction of sp³-hybridized carbons (Fsp3) is 0.667. The molecule has 134 valence electrons. The van der Waals surface area contributed by atoms with Crippen LogP contribution in [0.15, 0.2) is 22.8 Å². The highest BCUT2D eigenvalue weighted by Crippen LogP contribution is 2.22. The second-order valence-electron chi connectivity index (χ2n) is 7.53. The first-order valence-corrected chi connectivity index (χ1v) is 8.56. The lowest BCUT2D eigenvalue weighted by atomic mass is 9.92. The van der Waals surface area contributed by atoms with Gasteiger partial charge in [0.05, 0.1) is 19.4 Å². The standard InChI is InChI=1S/C18H29N3O3/c1-18(2,3)17(23)20(4)14-7-9-21(10-8-14)13-16(22)19-12-15-6-5-11-24-15/h5-6,11,14H,7-10,12-13H2,1-4H3,(H,19,22). The Hall–Kier alpha value is -1.82. The lowest BCUT2D eigenvalue weighted by molar-refractivity contribution is -0.141. The SMILES string of the molecule is CN(C(=O)C(C)(C)C)C1CCN(CC(=O)NCc2ccco2)CC1. The van der Waals surface area contributed by atoms with Crippen molar-refractivity contribution in [2.75, 3.05) is 26.7 Å². The first-order valence-electron chi connectivity index (χ1n) is 8.56. The molecule has 0 saturated carbocycles. The molecule has 0 atom stereocenters. The number of carbonyl (C=O) groups is 2. The van der Waals surface area contributed by atoms with Crippen LogP contribution in [0.5, 0.6) is 0 Å². The number of carbonyl (C=O) groups excluding carboxylic acids is 2. The zero-order chi connectivity index (χ0) is 17.7. The second kappa shape index (κ2) is 7.83. The zero-order valence-corrected chi connectivity index (χ0v) is 15.2. The average molecular weight is 335 g/mol. The molecule has 24 heavy (non-hydrogen) atoms. The monoisotopic (exact) mass is 335 g/mol. The lowest BCUT2D eigenvalue weighted by Crippen LogP contribution is -2.50. The molecule has 1 N–H and O–H groups in total. The van der Waals surface area contributed by atoms with Crippen molar-refractivity contribution in [3.05, 3.63) is 24.2 Å². The van der Waals surface area contributed by atoms with Gasteiger partial charge < -0.3 is 14.6 Å². The normalized spacial score (nSPS) is 16.8. The van der Waals surface area contributed by atoms with Crippen LogP contribution in [-0.4, -0.2) is 54.3 Å². The summed E-state index contributed by atoms with van der Waals surface area (Å²) in [5.41, 5.74) is -0.350. The predicted octanol–water partition coefficient (Wildman–Crippen LogP) is 1.86. The lowest BCUT2D eigenvalue weighted by Gasteiger charge is -2.38.